The van der Waals surface area contributed by atoms with Crippen LogP contribution in [0.25, 0.3) is 5.57 Å². The molecule has 0 bridgehead atoms. The molecule has 2 amide bonds. The Morgan fingerprint density at radius 1 is 1.19 bits per heavy atom. The van der Waals surface area contributed by atoms with Crippen molar-refractivity contribution in [2.45, 2.75) is 67.3 Å². The lowest BCUT2D eigenvalue weighted by molar-refractivity contribution is -0.111. The molecular weight excluding hydrogens is 454 g/mol. The third-order valence-electron chi connectivity index (χ3n) is 5.95. The molecule has 8 heteroatoms. The third kappa shape index (κ3) is 11.7. The van der Waals surface area contributed by atoms with Gasteiger partial charge in [0.05, 0.1) is 0 Å². The van der Waals surface area contributed by atoms with E-state index in [0.717, 1.165) is 23.4 Å². The molecule has 36 heavy (non-hydrogen) atoms. The fourth-order valence-electron chi connectivity index (χ4n) is 3.75. The number of carbonyl (C=O) groups excluding carboxylic acids is 2. The Labute approximate surface area is 218 Å². The maximum absolute atomic E-state index is 12.1. The minimum atomic E-state index is -0.127. The standard InChI is InChI=1S/C17H22N2O2.C8H18N2.C2H6.CH3NO/c1-5-10(2)12(4)18-11(3)8-15-14-9-13(20)6-7-16(14)19-17(15)21;1-3-4-10-7-5-9(2)6-8-10;1-2;2-1-3/h6-9,11,18,20H,5H2,1-4H3,(H,19,21);3-8H2,1-2H3;1-2H3;1H,(H2,2,3)/b12-10-,15-8-;;;. The van der Waals surface area contributed by atoms with E-state index in [1.165, 1.54) is 44.7 Å². The highest BCUT2D eigenvalue weighted by molar-refractivity contribution is 6.31. The first-order chi connectivity index (χ1) is 17.2. The van der Waals surface area contributed by atoms with Crippen molar-refractivity contribution in [1.82, 2.24) is 15.1 Å². The van der Waals surface area contributed by atoms with Gasteiger partial charge < -0.3 is 31.3 Å². The number of likely N-dealkylation sites (N-methyl/N-ethyl adjacent to an activating group) is 1. The summed E-state index contributed by atoms with van der Waals surface area (Å²) in [5.74, 6) is 0.0350. The minimum Gasteiger partial charge on any atom is -0.508 e. The molecule has 1 aromatic carbocycles. The van der Waals surface area contributed by atoms with Crippen LogP contribution in [-0.4, -0.2) is 73.0 Å². The van der Waals surface area contributed by atoms with Crippen LogP contribution in [0.4, 0.5) is 5.69 Å². The number of primary amides is 1. The number of amides is 2. The number of hydrogen-bond acceptors (Lipinski definition) is 6. The molecule has 0 saturated carbocycles. The lowest BCUT2D eigenvalue weighted by atomic mass is 10.0. The summed E-state index contributed by atoms with van der Waals surface area (Å²) in [5, 5.41) is 15.8. The number of piperazine rings is 1. The number of allylic oxidation sites excluding steroid dienone is 2. The van der Waals surface area contributed by atoms with Gasteiger partial charge in [0.25, 0.3) is 5.91 Å². The molecule has 0 radical (unpaired) electrons. The number of nitrogens with zero attached hydrogens (tertiary/aromatic N) is 2. The molecule has 0 aliphatic carbocycles. The van der Waals surface area contributed by atoms with Gasteiger partial charge >= 0.3 is 0 Å². The van der Waals surface area contributed by atoms with Gasteiger partial charge in [0.2, 0.25) is 6.41 Å². The van der Waals surface area contributed by atoms with E-state index in [2.05, 4.69) is 54.0 Å². The van der Waals surface area contributed by atoms with Gasteiger partial charge in [-0.05, 0) is 71.5 Å². The highest BCUT2D eigenvalue weighted by atomic mass is 16.3. The normalized spacial score (nSPS) is 17.6. The third-order valence-corrected chi connectivity index (χ3v) is 5.95. The van der Waals surface area contributed by atoms with E-state index in [1.807, 2.05) is 33.8 Å². The van der Waals surface area contributed by atoms with Crippen molar-refractivity contribution in [2.24, 2.45) is 5.73 Å². The van der Waals surface area contributed by atoms with Gasteiger partial charge in [-0.25, -0.2) is 0 Å². The topological polar surface area (TPSA) is 111 Å². The maximum atomic E-state index is 12.1. The number of fused-ring (bicyclic) bond motifs is 1. The number of carbonyl (C=O) groups is 2. The fraction of sp³-hybridized carbons (Fsp3) is 0.571. The molecule has 1 fully saturated rings. The number of hydrogen-bond donors (Lipinski definition) is 4. The molecule has 5 N–H and O–H groups in total. The molecular formula is C28H49N5O3. The van der Waals surface area contributed by atoms with Crippen LogP contribution in [0.3, 0.4) is 0 Å². The summed E-state index contributed by atoms with van der Waals surface area (Å²) in [6.45, 7) is 20.8. The number of anilines is 1. The molecule has 2 aliphatic heterocycles. The smallest absolute Gasteiger partial charge is 0.256 e. The quantitative estimate of drug-likeness (QED) is 0.263. The zero-order chi connectivity index (χ0) is 27.7. The molecule has 0 aromatic heterocycles. The van der Waals surface area contributed by atoms with Crippen LogP contribution in [-0.2, 0) is 9.59 Å². The van der Waals surface area contributed by atoms with Crippen molar-refractivity contribution >= 4 is 23.6 Å². The number of aromatic hydroxyl groups is 1. The zero-order valence-corrected chi connectivity index (χ0v) is 23.6. The van der Waals surface area contributed by atoms with Crippen molar-refractivity contribution in [1.29, 1.82) is 0 Å². The van der Waals surface area contributed by atoms with Gasteiger partial charge in [0, 0.05) is 54.7 Å². The summed E-state index contributed by atoms with van der Waals surface area (Å²) in [7, 11) is 2.20. The fourth-order valence-corrected chi connectivity index (χ4v) is 3.75. The van der Waals surface area contributed by atoms with Crippen molar-refractivity contribution in [3.8, 4) is 5.75 Å². The molecule has 1 saturated heterocycles. The molecule has 1 unspecified atom stereocenters. The number of phenols is 1. The molecule has 204 valence electrons. The minimum absolute atomic E-state index is 0.0283. The zero-order valence-electron chi connectivity index (χ0n) is 23.6. The number of nitrogens with one attached hydrogen (secondary N) is 2. The largest absolute Gasteiger partial charge is 0.508 e. The average molecular weight is 504 g/mol. The molecule has 3 rings (SSSR count). The first-order valence-corrected chi connectivity index (χ1v) is 13.0. The van der Waals surface area contributed by atoms with Gasteiger partial charge in [-0.3, -0.25) is 9.59 Å². The van der Waals surface area contributed by atoms with Gasteiger partial charge in [0.15, 0.2) is 0 Å². The van der Waals surface area contributed by atoms with Crippen molar-refractivity contribution < 1.29 is 14.7 Å². The summed E-state index contributed by atoms with van der Waals surface area (Å²) >= 11 is 0. The van der Waals surface area contributed by atoms with E-state index >= 15 is 0 Å². The summed E-state index contributed by atoms with van der Waals surface area (Å²) in [6, 6.07) is 4.93. The van der Waals surface area contributed by atoms with Gasteiger partial charge in [-0.2, -0.15) is 0 Å². The Hall–Kier alpha value is -2.84. The molecule has 1 aromatic rings. The molecule has 1 atom stereocenters. The summed E-state index contributed by atoms with van der Waals surface area (Å²) in [5.41, 5.74) is 8.70. The van der Waals surface area contributed by atoms with E-state index in [1.54, 1.807) is 18.2 Å². The van der Waals surface area contributed by atoms with Crippen LogP contribution in [0, 0.1) is 0 Å². The Kier molecular flexibility index (Phi) is 17.0. The van der Waals surface area contributed by atoms with Crippen LogP contribution in [0.2, 0.25) is 0 Å². The highest BCUT2D eigenvalue weighted by Gasteiger charge is 2.24. The first-order valence-electron chi connectivity index (χ1n) is 13.0. The van der Waals surface area contributed by atoms with Crippen LogP contribution in [0.5, 0.6) is 5.75 Å². The predicted octanol–water partition coefficient (Wildman–Crippen LogP) is 4.18. The van der Waals surface area contributed by atoms with Gasteiger partial charge in [0.1, 0.15) is 5.75 Å². The molecule has 2 aliphatic rings. The predicted molar refractivity (Wildman–Crippen MR) is 152 cm³/mol. The molecule has 8 nitrogen and oxygen atoms in total. The maximum Gasteiger partial charge on any atom is 0.256 e. The monoisotopic (exact) mass is 503 g/mol. The SMILES string of the molecule is CC.CC/C(C)=C(/C)NC(C)/C=C1\C(=O)Nc2ccc(O)cc21.CCCN1CCN(C)CC1.NC=O. The summed E-state index contributed by atoms with van der Waals surface area (Å²) in [6.07, 6.45) is 4.44. The lowest BCUT2D eigenvalue weighted by Crippen LogP contribution is -2.44. The summed E-state index contributed by atoms with van der Waals surface area (Å²) in [4.78, 5) is 25.6. The second-order valence-electron chi connectivity index (χ2n) is 8.74. The Morgan fingerprint density at radius 3 is 2.31 bits per heavy atom. The highest BCUT2D eigenvalue weighted by Crippen LogP contribution is 2.34. The van der Waals surface area contributed by atoms with Gasteiger partial charge in [-0.1, -0.05) is 33.3 Å². The number of benzene rings is 1. The lowest BCUT2D eigenvalue weighted by Gasteiger charge is -2.31. The first kappa shape index (κ1) is 33.2. The second kappa shape index (κ2) is 18.4. The van der Waals surface area contributed by atoms with E-state index in [0.29, 0.717) is 5.57 Å². The van der Waals surface area contributed by atoms with Crippen LogP contribution in [0.1, 0.15) is 66.9 Å². The van der Waals surface area contributed by atoms with Crippen molar-refractivity contribution in [3.05, 3.63) is 41.1 Å². The van der Waals surface area contributed by atoms with Crippen LogP contribution < -0.4 is 16.4 Å². The second-order valence-corrected chi connectivity index (χ2v) is 8.74. The number of rotatable bonds is 6. The van der Waals surface area contributed by atoms with E-state index < -0.39 is 0 Å². The Balaban J connectivity index is 0.000000679. The number of nitrogens with two attached hydrogens (primary N) is 1. The average Bonchev–Trinajstić information content (AvgIpc) is 3.16. The van der Waals surface area contributed by atoms with E-state index in [-0.39, 0.29) is 24.1 Å². The molecule has 2 heterocycles. The molecule has 0 spiro atoms. The van der Waals surface area contributed by atoms with Crippen LogP contribution >= 0.6 is 0 Å². The van der Waals surface area contributed by atoms with Crippen molar-refractivity contribution in [3.63, 3.8) is 0 Å². The number of phenolic OH excluding ortho intramolecular Hbond substituents is 1. The van der Waals surface area contributed by atoms with E-state index in [4.69, 9.17) is 4.79 Å². The Bertz CT molecular complexity index is 859. The van der Waals surface area contributed by atoms with E-state index in [9.17, 15) is 9.90 Å². The van der Waals surface area contributed by atoms with Gasteiger partial charge in [-0.15, -0.1) is 0 Å². The van der Waals surface area contributed by atoms with Crippen LogP contribution in [0.15, 0.2) is 35.5 Å². The summed E-state index contributed by atoms with van der Waals surface area (Å²) < 4.78 is 0. The van der Waals surface area contributed by atoms with Crippen molar-refractivity contribution in [2.75, 3.05) is 45.1 Å². The Morgan fingerprint density at radius 2 is 1.78 bits per heavy atom.